The molecule has 27 heavy (non-hydrogen) atoms. The van der Waals surface area contributed by atoms with Crippen LogP contribution in [0.4, 0.5) is 0 Å². The Labute approximate surface area is 159 Å². The summed E-state index contributed by atoms with van der Waals surface area (Å²) in [5, 5.41) is 0. The molecule has 2 aliphatic heterocycles. The van der Waals surface area contributed by atoms with E-state index in [1.165, 1.54) is 5.56 Å². The van der Waals surface area contributed by atoms with Crippen molar-refractivity contribution in [2.75, 3.05) is 26.3 Å². The second-order valence-electron chi connectivity index (χ2n) is 7.16. The molecule has 0 radical (unpaired) electrons. The van der Waals surface area contributed by atoms with Crippen LogP contribution in [-0.4, -0.2) is 43.2 Å². The number of benzene rings is 2. The maximum absolute atomic E-state index is 12.9. The predicted molar refractivity (Wildman–Crippen MR) is 102 cm³/mol. The summed E-state index contributed by atoms with van der Waals surface area (Å²) in [6, 6.07) is 17.6. The molecule has 2 aromatic carbocycles. The second-order valence-corrected chi connectivity index (χ2v) is 7.16. The quantitative estimate of drug-likeness (QED) is 0.814. The fourth-order valence-corrected chi connectivity index (χ4v) is 3.66. The normalized spacial score (nSPS) is 21.7. The number of ether oxygens (including phenoxy) is 3. The Morgan fingerprint density at radius 3 is 2.70 bits per heavy atom. The lowest BCUT2D eigenvalue weighted by atomic mass is 9.98. The van der Waals surface area contributed by atoms with E-state index in [4.69, 9.17) is 14.2 Å². The molecule has 0 spiro atoms. The van der Waals surface area contributed by atoms with Crippen LogP contribution < -0.4 is 9.47 Å². The lowest BCUT2D eigenvalue weighted by molar-refractivity contribution is -0.143. The van der Waals surface area contributed by atoms with E-state index in [0.717, 1.165) is 25.9 Å². The smallest absolute Gasteiger partial charge is 0.267 e. The van der Waals surface area contributed by atoms with Crippen LogP contribution in [0.25, 0.3) is 0 Å². The largest absolute Gasteiger partial charge is 0.485 e. The Morgan fingerprint density at radius 2 is 1.85 bits per heavy atom. The number of carbonyl (C=O) groups excluding carboxylic acids is 1. The molecule has 4 rings (SSSR count). The monoisotopic (exact) mass is 367 g/mol. The van der Waals surface area contributed by atoms with Crippen LogP contribution in [0.15, 0.2) is 54.6 Å². The summed E-state index contributed by atoms with van der Waals surface area (Å²) < 4.78 is 17.5. The SMILES string of the molecule is O=C([C@@H]1COc2ccccc2O1)N1CCC[C@@H](COCc2ccccc2)C1. The standard InChI is InChI=1S/C22H25NO4/c24-22(21-16-26-19-10-4-5-11-20(19)27-21)23-12-6-9-18(13-23)15-25-14-17-7-2-1-3-8-17/h1-5,7-8,10-11,18,21H,6,9,12-16H2/t18-,21+/m1/s1. The van der Waals surface area contributed by atoms with Crippen molar-refractivity contribution in [2.24, 2.45) is 5.92 Å². The zero-order valence-electron chi connectivity index (χ0n) is 15.4. The molecular formula is C22H25NO4. The van der Waals surface area contributed by atoms with Gasteiger partial charge >= 0.3 is 0 Å². The summed E-state index contributed by atoms with van der Waals surface area (Å²) in [5.74, 6) is 1.72. The minimum absolute atomic E-state index is 0.0114. The first-order valence-electron chi connectivity index (χ1n) is 9.58. The maximum Gasteiger partial charge on any atom is 0.267 e. The Kier molecular flexibility index (Phi) is 5.58. The van der Waals surface area contributed by atoms with Gasteiger partial charge in [-0.05, 0) is 36.5 Å². The molecule has 1 fully saturated rings. The number of carbonyl (C=O) groups is 1. The summed E-state index contributed by atoms with van der Waals surface area (Å²) in [6.45, 7) is 3.04. The molecule has 2 atom stereocenters. The Bertz CT molecular complexity index is 764. The third-order valence-electron chi connectivity index (χ3n) is 5.08. The zero-order valence-corrected chi connectivity index (χ0v) is 15.4. The predicted octanol–water partition coefficient (Wildman–Crippen LogP) is 3.28. The topological polar surface area (TPSA) is 48.0 Å². The van der Waals surface area contributed by atoms with Gasteiger partial charge in [0.15, 0.2) is 11.5 Å². The number of fused-ring (bicyclic) bond motifs is 1. The molecule has 5 nitrogen and oxygen atoms in total. The number of piperidine rings is 1. The fourth-order valence-electron chi connectivity index (χ4n) is 3.66. The van der Waals surface area contributed by atoms with Gasteiger partial charge in [0.1, 0.15) is 6.61 Å². The van der Waals surface area contributed by atoms with Gasteiger partial charge in [-0.1, -0.05) is 42.5 Å². The highest BCUT2D eigenvalue weighted by Gasteiger charge is 2.33. The molecule has 0 saturated carbocycles. The van der Waals surface area contributed by atoms with Gasteiger partial charge < -0.3 is 19.1 Å². The van der Waals surface area contributed by atoms with Crippen LogP contribution in [0.3, 0.4) is 0 Å². The zero-order chi connectivity index (χ0) is 18.5. The number of para-hydroxylation sites is 2. The molecule has 0 bridgehead atoms. The number of likely N-dealkylation sites (tertiary alicyclic amines) is 1. The molecule has 1 saturated heterocycles. The molecule has 1 amide bonds. The summed E-state index contributed by atoms with van der Waals surface area (Å²) in [5.41, 5.74) is 1.17. The van der Waals surface area contributed by atoms with Gasteiger partial charge in [0.25, 0.3) is 5.91 Å². The molecule has 5 heteroatoms. The van der Waals surface area contributed by atoms with E-state index < -0.39 is 6.10 Å². The molecule has 0 N–H and O–H groups in total. The third kappa shape index (κ3) is 4.42. The van der Waals surface area contributed by atoms with Crippen LogP contribution >= 0.6 is 0 Å². The average Bonchev–Trinajstić information content (AvgIpc) is 2.74. The second kappa shape index (κ2) is 8.44. The summed E-state index contributed by atoms with van der Waals surface area (Å²) in [7, 11) is 0. The average molecular weight is 367 g/mol. The number of hydrogen-bond donors (Lipinski definition) is 0. The highest BCUT2D eigenvalue weighted by molar-refractivity contribution is 5.82. The number of amides is 1. The Hall–Kier alpha value is -2.53. The summed E-state index contributed by atoms with van der Waals surface area (Å²) in [4.78, 5) is 14.8. The summed E-state index contributed by atoms with van der Waals surface area (Å²) in [6.07, 6.45) is 1.52. The van der Waals surface area contributed by atoms with Crippen molar-refractivity contribution >= 4 is 5.91 Å². The van der Waals surface area contributed by atoms with Gasteiger partial charge in [-0.2, -0.15) is 0 Å². The van der Waals surface area contributed by atoms with Crippen molar-refractivity contribution in [2.45, 2.75) is 25.6 Å². The van der Waals surface area contributed by atoms with Gasteiger partial charge in [-0.15, -0.1) is 0 Å². The van der Waals surface area contributed by atoms with E-state index in [-0.39, 0.29) is 12.5 Å². The first-order chi connectivity index (χ1) is 13.3. The molecule has 142 valence electrons. The van der Waals surface area contributed by atoms with E-state index in [0.29, 0.717) is 30.6 Å². The van der Waals surface area contributed by atoms with E-state index in [1.54, 1.807) is 0 Å². The molecular weight excluding hydrogens is 342 g/mol. The van der Waals surface area contributed by atoms with Gasteiger partial charge in [0.2, 0.25) is 6.10 Å². The van der Waals surface area contributed by atoms with E-state index in [2.05, 4.69) is 12.1 Å². The Balaban J connectivity index is 1.28. The molecule has 0 unspecified atom stereocenters. The maximum atomic E-state index is 12.9. The first-order valence-corrected chi connectivity index (χ1v) is 9.58. The van der Waals surface area contributed by atoms with Crippen molar-refractivity contribution in [1.29, 1.82) is 0 Å². The number of nitrogens with zero attached hydrogens (tertiary/aromatic N) is 1. The van der Waals surface area contributed by atoms with Crippen molar-refractivity contribution in [3.05, 3.63) is 60.2 Å². The minimum atomic E-state index is -0.566. The third-order valence-corrected chi connectivity index (χ3v) is 5.08. The minimum Gasteiger partial charge on any atom is -0.485 e. The van der Waals surface area contributed by atoms with Gasteiger partial charge in [-0.25, -0.2) is 0 Å². The Morgan fingerprint density at radius 1 is 1.07 bits per heavy atom. The first kappa shape index (κ1) is 17.9. The van der Waals surface area contributed by atoms with Crippen molar-refractivity contribution in [3.63, 3.8) is 0 Å². The van der Waals surface area contributed by atoms with E-state index >= 15 is 0 Å². The molecule has 0 aliphatic carbocycles. The lowest BCUT2D eigenvalue weighted by Gasteiger charge is -2.36. The van der Waals surface area contributed by atoms with Gasteiger partial charge in [0, 0.05) is 13.1 Å². The van der Waals surface area contributed by atoms with Crippen molar-refractivity contribution in [1.82, 2.24) is 4.90 Å². The van der Waals surface area contributed by atoms with Crippen LogP contribution in [0, 0.1) is 5.92 Å². The molecule has 0 aromatic heterocycles. The van der Waals surface area contributed by atoms with Crippen LogP contribution in [0.2, 0.25) is 0 Å². The van der Waals surface area contributed by atoms with Crippen LogP contribution in [0.5, 0.6) is 11.5 Å². The van der Waals surface area contributed by atoms with E-state index in [9.17, 15) is 4.79 Å². The lowest BCUT2D eigenvalue weighted by Crippen LogP contribution is -2.50. The highest BCUT2D eigenvalue weighted by Crippen LogP contribution is 2.31. The molecule has 2 aliphatic rings. The highest BCUT2D eigenvalue weighted by atomic mass is 16.6. The number of hydrogen-bond acceptors (Lipinski definition) is 4. The van der Waals surface area contributed by atoms with Gasteiger partial charge in [0.05, 0.1) is 13.2 Å². The van der Waals surface area contributed by atoms with Crippen molar-refractivity contribution < 1.29 is 19.0 Å². The fraction of sp³-hybridized carbons (Fsp3) is 0.409. The van der Waals surface area contributed by atoms with Crippen LogP contribution in [-0.2, 0) is 16.1 Å². The van der Waals surface area contributed by atoms with Gasteiger partial charge in [-0.3, -0.25) is 4.79 Å². The van der Waals surface area contributed by atoms with E-state index in [1.807, 2.05) is 47.4 Å². The van der Waals surface area contributed by atoms with Crippen molar-refractivity contribution in [3.8, 4) is 11.5 Å². The molecule has 2 aromatic rings. The molecule has 2 heterocycles. The summed E-state index contributed by atoms with van der Waals surface area (Å²) >= 11 is 0. The van der Waals surface area contributed by atoms with Crippen LogP contribution in [0.1, 0.15) is 18.4 Å². The number of rotatable bonds is 5.